The van der Waals surface area contributed by atoms with Crippen molar-refractivity contribution in [3.63, 3.8) is 0 Å². The van der Waals surface area contributed by atoms with Gasteiger partial charge in [-0.05, 0) is 60.9 Å². The summed E-state index contributed by atoms with van der Waals surface area (Å²) in [6.07, 6.45) is -5.04. The number of hydrogen-bond acceptors (Lipinski definition) is 5. The highest BCUT2D eigenvalue weighted by Gasteiger charge is 2.45. The number of Topliss-reactive ketones (excluding diaryl/α,β-unsaturated/α-hetero) is 1. The lowest BCUT2D eigenvalue weighted by Gasteiger charge is -2.24. The van der Waals surface area contributed by atoms with Crippen molar-refractivity contribution >= 4 is 21.5 Å². The van der Waals surface area contributed by atoms with E-state index in [0.717, 1.165) is 40.7 Å². The summed E-state index contributed by atoms with van der Waals surface area (Å²) in [5.74, 6) is -1.36. The van der Waals surface area contributed by atoms with Gasteiger partial charge in [0.05, 0.1) is 28.4 Å². The predicted molar refractivity (Wildman–Crippen MR) is 126 cm³/mol. The largest absolute Gasteiger partial charge is 0.417 e. The maximum Gasteiger partial charge on any atom is 0.417 e. The third kappa shape index (κ3) is 5.56. The summed E-state index contributed by atoms with van der Waals surface area (Å²) in [5, 5.41) is 0. The molecule has 0 saturated carbocycles. The van der Waals surface area contributed by atoms with E-state index in [4.69, 9.17) is 6.57 Å². The van der Waals surface area contributed by atoms with Crippen LogP contribution in [-0.4, -0.2) is 47.2 Å². The molecular weight excluding hydrogens is 531 g/mol. The van der Waals surface area contributed by atoms with Crippen molar-refractivity contribution in [2.45, 2.75) is 42.5 Å². The van der Waals surface area contributed by atoms with Crippen LogP contribution in [0.4, 0.5) is 27.6 Å². The average Bonchev–Trinajstić information content (AvgIpc) is 3.29. The number of halogens is 5. The molecule has 0 bridgehead atoms. The summed E-state index contributed by atoms with van der Waals surface area (Å²) in [6.45, 7) is 7.12. The number of benzene rings is 1. The molecule has 1 aliphatic rings. The van der Waals surface area contributed by atoms with Crippen molar-refractivity contribution in [3.05, 3.63) is 83.2 Å². The molecule has 0 unspecified atom stereocenters. The van der Waals surface area contributed by atoms with Gasteiger partial charge in [-0.3, -0.25) is 14.8 Å². The second kappa shape index (κ2) is 10.5. The molecule has 1 fully saturated rings. The molecule has 13 heteroatoms. The molecule has 0 N–H and O–H groups in total. The fraction of sp³-hybridized carbons (Fsp3) is 0.280. The first-order valence-electron chi connectivity index (χ1n) is 11.3. The molecule has 3 aromatic rings. The second-order valence-corrected chi connectivity index (χ2v) is 10.4. The van der Waals surface area contributed by atoms with Crippen LogP contribution in [0.3, 0.4) is 0 Å². The Morgan fingerprint density at radius 2 is 1.76 bits per heavy atom. The minimum absolute atomic E-state index is 0.0691. The lowest BCUT2D eigenvalue weighted by molar-refractivity contribution is -0.137. The molecule has 0 spiro atoms. The minimum Gasteiger partial charge on any atom is -0.298 e. The van der Waals surface area contributed by atoms with E-state index in [-0.39, 0.29) is 47.8 Å². The first-order chi connectivity index (χ1) is 17.9. The van der Waals surface area contributed by atoms with E-state index in [2.05, 4.69) is 14.8 Å². The Balaban J connectivity index is 1.54. The number of hydrogen-bond donors (Lipinski definition) is 0. The lowest BCUT2D eigenvalue weighted by Crippen LogP contribution is -2.44. The van der Waals surface area contributed by atoms with Crippen molar-refractivity contribution in [3.8, 4) is 11.4 Å². The van der Waals surface area contributed by atoms with Crippen LogP contribution in [0.1, 0.15) is 24.0 Å². The van der Waals surface area contributed by atoms with Crippen LogP contribution in [0.25, 0.3) is 16.2 Å². The molecule has 1 saturated heterocycles. The van der Waals surface area contributed by atoms with Gasteiger partial charge in [0, 0.05) is 25.4 Å². The topological polar surface area (TPSA) is 84.6 Å². The van der Waals surface area contributed by atoms with Crippen LogP contribution in [0.2, 0.25) is 0 Å². The summed E-state index contributed by atoms with van der Waals surface area (Å²) in [6, 6.07) is 5.76. The van der Waals surface area contributed by atoms with Crippen LogP contribution in [-0.2, 0) is 27.4 Å². The number of rotatable bonds is 7. The number of sulfonamides is 1. The molecule has 2 aromatic heterocycles. The van der Waals surface area contributed by atoms with Crippen molar-refractivity contribution in [2.24, 2.45) is 0 Å². The Bertz CT molecular complexity index is 1490. The lowest BCUT2D eigenvalue weighted by atomic mass is 10.0. The fourth-order valence-corrected chi connectivity index (χ4v) is 5.80. The molecule has 4 rings (SSSR count). The van der Waals surface area contributed by atoms with E-state index in [0.29, 0.717) is 11.8 Å². The van der Waals surface area contributed by atoms with Crippen LogP contribution in [0.5, 0.6) is 0 Å². The number of alkyl halides is 4. The normalized spacial score (nSPS) is 18.3. The van der Waals surface area contributed by atoms with E-state index in [9.17, 15) is 35.2 Å². The summed E-state index contributed by atoms with van der Waals surface area (Å²) in [7, 11) is -4.28. The molecular formula is C25H19F5N4O3S. The summed E-state index contributed by atoms with van der Waals surface area (Å²) in [4.78, 5) is 23.9. The Morgan fingerprint density at radius 3 is 2.37 bits per heavy atom. The number of carbonyl (C=O) groups is 1. The van der Waals surface area contributed by atoms with Gasteiger partial charge in [0.25, 0.3) is 0 Å². The zero-order valence-corrected chi connectivity index (χ0v) is 20.3. The van der Waals surface area contributed by atoms with Gasteiger partial charge < -0.3 is 0 Å². The Kier molecular flexibility index (Phi) is 7.57. The molecule has 0 aliphatic carbocycles. The predicted octanol–water partition coefficient (Wildman–Crippen LogP) is 5.16. The van der Waals surface area contributed by atoms with Gasteiger partial charge >= 0.3 is 6.18 Å². The van der Waals surface area contributed by atoms with Crippen LogP contribution >= 0.6 is 0 Å². The van der Waals surface area contributed by atoms with Gasteiger partial charge in [0.15, 0.2) is 5.78 Å². The first-order valence-corrected chi connectivity index (χ1v) is 12.7. The monoisotopic (exact) mass is 550 g/mol. The standard InChI is InChI=1S/C25H19F5N4O3S/c1-31-22-14-33-21(20-8-3-16(13-32-20)25(28,29)30)12-15(22)2-9-23(35)24-19(27)10-11-34(24)38(36,37)18-6-4-17(26)5-7-18/h3-8,12-14,19,24H,2,9-11H2/t19-,24-/m0/s1. The van der Waals surface area contributed by atoms with Gasteiger partial charge in [-0.2, -0.15) is 17.5 Å². The highest BCUT2D eigenvalue weighted by molar-refractivity contribution is 7.89. The number of pyridine rings is 2. The molecule has 2 atom stereocenters. The first kappa shape index (κ1) is 27.3. The molecule has 1 aromatic carbocycles. The fourth-order valence-electron chi connectivity index (χ4n) is 4.15. The Hall–Kier alpha value is -3.76. The maximum absolute atomic E-state index is 14.7. The molecule has 1 aliphatic heterocycles. The van der Waals surface area contributed by atoms with Gasteiger partial charge in [-0.1, -0.05) is 0 Å². The molecule has 38 heavy (non-hydrogen) atoms. The molecule has 0 radical (unpaired) electrons. The van der Waals surface area contributed by atoms with Gasteiger partial charge in [0.1, 0.15) is 18.0 Å². The average molecular weight is 551 g/mol. The van der Waals surface area contributed by atoms with Crippen molar-refractivity contribution in [1.29, 1.82) is 0 Å². The van der Waals surface area contributed by atoms with Crippen molar-refractivity contribution in [1.82, 2.24) is 14.3 Å². The van der Waals surface area contributed by atoms with E-state index in [1.165, 1.54) is 12.3 Å². The SMILES string of the molecule is [C-]#[N+]c1cnc(-c2ccc(C(F)(F)F)cn2)cc1CCC(=O)[C@@H]1[C@@H](F)CCN1S(=O)(=O)c1ccc(F)cc1. The zero-order chi connectivity index (χ0) is 27.7. The third-order valence-electron chi connectivity index (χ3n) is 6.11. The highest BCUT2D eigenvalue weighted by atomic mass is 32.2. The maximum atomic E-state index is 14.7. The zero-order valence-electron chi connectivity index (χ0n) is 19.5. The van der Waals surface area contributed by atoms with Gasteiger partial charge in [-0.25, -0.2) is 22.0 Å². The Labute approximate surface area is 214 Å². The van der Waals surface area contributed by atoms with E-state index >= 15 is 0 Å². The number of ketones is 1. The number of nitrogens with zero attached hydrogens (tertiary/aromatic N) is 4. The third-order valence-corrected chi connectivity index (χ3v) is 8.00. The van der Waals surface area contributed by atoms with Crippen molar-refractivity contribution < 1.29 is 35.2 Å². The summed E-state index contributed by atoms with van der Waals surface area (Å²) >= 11 is 0. The van der Waals surface area contributed by atoms with Crippen molar-refractivity contribution in [2.75, 3.05) is 6.54 Å². The molecule has 7 nitrogen and oxygen atoms in total. The highest BCUT2D eigenvalue weighted by Crippen LogP contribution is 2.32. The smallest absolute Gasteiger partial charge is 0.298 e. The Morgan fingerprint density at radius 1 is 1.08 bits per heavy atom. The van der Waals surface area contributed by atoms with E-state index in [1.807, 2.05) is 0 Å². The van der Waals surface area contributed by atoms with E-state index in [1.54, 1.807) is 0 Å². The van der Waals surface area contributed by atoms with Crippen LogP contribution < -0.4 is 0 Å². The number of carbonyl (C=O) groups excluding carboxylic acids is 1. The number of aromatic nitrogens is 2. The van der Waals surface area contributed by atoms with Crippen LogP contribution in [0, 0.1) is 12.4 Å². The van der Waals surface area contributed by atoms with Gasteiger partial charge in [-0.15, -0.1) is 0 Å². The molecule has 198 valence electrons. The molecule has 0 amide bonds. The van der Waals surface area contributed by atoms with Crippen LogP contribution in [0.15, 0.2) is 59.8 Å². The van der Waals surface area contributed by atoms with Gasteiger partial charge in [0.2, 0.25) is 15.7 Å². The van der Waals surface area contributed by atoms with E-state index < -0.39 is 45.6 Å². The number of aryl methyl sites for hydroxylation is 1. The minimum atomic E-state index is -4.56. The summed E-state index contributed by atoms with van der Waals surface area (Å²) < 4.78 is 93.3. The summed E-state index contributed by atoms with van der Waals surface area (Å²) in [5.41, 5.74) is -0.271. The second-order valence-electron chi connectivity index (χ2n) is 8.53. The molecule has 3 heterocycles. The quantitative estimate of drug-likeness (QED) is 0.300.